The molecule has 1 heterocycles. The molecule has 122 heavy (non-hydrogen) atoms. The van der Waals surface area contributed by atoms with E-state index in [0.29, 0.717) is 6.42 Å². The monoisotopic (exact) mass is 1710 g/mol. The van der Waals surface area contributed by atoms with Crippen LogP contribution in [-0.2, 0) is 91.0 Å². The van der Waals surface area contributed by atoms with Gasteiger partial charge in [0.1, 0.15) is 73.1 Å². The number of nitrogens with one attached hydrogen (secondary N) is 14. The lowest BCUT2D eigenvalue weighted by Crippen LogP contribution is -2.61. The van der Waals surface area contributed by atoms with Gasteiger partial charge < -0.3 is 121 Å². The Hall–Kier alpha value is -13.4. The third-order valence-corrected chi connectivity index (χ3v) is 19.5. The molecule has 666 valence electrons. The number of hydrogen-bond donors (Lipinski definition) is 21. The smallest absolute Gasteiger partial charge is 0.407 e. The van der Waals surface area contributed by atoms with Crippen LogP contribution in [0.4, 0.5) is 15.3 Å². The Morgan fingerprint density at radius 2 is 1.02 bits per heavy atom. The van der Waals surface area contributed by atoms with Gasteiger partial charge in [-0.1, -0.05) is 132 Å². The van der Waals surface area contributed by atoms with Crippen molar-refractivity contribution in [1.29, 1.82) is 0 Å². The number of alkyl carbamates (subject to hydrolysis) is 1. The molecule has 0 bridgehead atoms. The van der Waals surface area contributed by atoms with Crippen molar-refractivity contribution in [2.45, 2.75) is 216 Å². The van der Waals surface area contributed by atoms with E-state index in [2.05, 4.69) is 65.4 Å². The normalized spacial score (nSPS) is 20.6. The number of benzene rings is 3. The zero-order valence-electron chi connectivity index (χ0n) is 67.8. The van der Waals surface area contributed by atoms with Crippen LogP contribution in [0.1, 0.15) is 171 Å². The van der Waals surface area contributed by atoms with Crippen LogP contribution in [0.25, 0.3) is 11.1 Å². The van der Waals surface area contributed by atoms with Gasteiger partial charge in [0.15, 0.2) is 5.78 Å². The number of amides is 15. The Morgan fingerprint density at radius 1 is 0.516 bits per heavy atom. The Morgan fingerprint density at radius 3 is 1.60 bits per heavy atom. The highest BCUT2D eigenvalue weighted by Crippen LogP contribution is 2.44. The second-order valence-electron chi connectivity index (χ2n) is 29.2. The maximum absolute atomic E-state index is 14.9. The summed E-state index contributed by atoms with van der Waals surface area (Å²) >= 11 is 0. The molecule has 12 atom stereocenters. The SMILES string of the molecule is CCCCCCCCCCCCNC(=O)N[C@@H](CC(N)=O)C(=O)N[C@@H](CC(=O)O)C(=O)NC1C(=O)NCC(=O)NC(CCCNC(=O)OCC2c3ccccc3-c3ccccc32)C(=O)NC(CC(=O)O)C(=O)NC(C)C(=O)NC(CC(=O)O)C(=O)NCC(=O)NC(CO)C(=O)NC(C(C)CC(=O)O)C(=O)NC(CC(=O)c2ccccc2N)C(=O)OC1C. The first-order valence-electron chi connectivity index (χ1n) is 39.7. The van der Waals surface area contributed by atoms with Crippen LogP contribution in [0.2, 0.25) is 0 Å². The van der Waals surface area contributed by atoms with Crippen LogP contribution in [-0.4, -0.2) is 250 Å². The molecule has 1 aliphatic carbocycles. The molecule has 43 nitrogen and oxygen atoms in total. The van der Waals surface area contributed by atoms with E-state index in [1.807, 2.05) is 64.5 Å². The number of carboxylic acid groups (broad SMARTS) is 4. The van der Waals surface area contributed by atoms with Crippen LogP contribution >= 0.6 is 0 Å². The van der Waals surface area contributed by atoms with Gasteiger partial charge in [0.25, 0.3) is 0 Å². The number of primary amides is 1. The van der Waals surface area contributed by atoms with E-state index in [1.165, 1.54) is 24.3 Å². The quantitative estimate of drug-likeness (QED) is 0.0125. The van der Waals surface area contributed by atoms with E-state index in [1.54, 1.807) is 0 Å². The van der Waals surface area contributed by atoms with Crippen molar-refractivity contribution >= 4 is 124 Å². The van der Waals surface area contributed by atoms with Crippen LogP contribution in [0.5, 0.6) is 0 Å². The molecular formula is C79H108N16O27. The summed E-state index contributed by atoms with van der Waals surface area (Å²) < 4.78 is 11.3. The molecule has 0 aromatic heterocycles. The van der Waals surface area contributed by atoms with Crippen molar-refractivity contribution in [2.75, 3.05) is 45.1 Å². The van der Waals surface area contributed by atoms with Gasteiger partial charge in [-0.2, -0.15) is 0 Å². The highest BCUT2D eigenvalue weighted by molar-refractivity contribution is 6.05. The summed E-state index contributed by atoms with van der Waals surface area (Å²) in [7, 11) is 0. The van der Waals surface area contributed by atoms with E-state index in [0.717, 1.165) is 101 Å². The van der Waals surface area contributed by atoms with Crippen molar-refractivity contribution in [3.05, 3.63) is 89.5 Å². The molecule has 43 heteroatoms. The number of aliphatic carboxylic acids is 4. The largest absolute Gasteiger partial charge is 0.481 e. The summed E-state index contributed by atoms with van der Waals surface area (Å²) in [5.74, 6) is -28.5. The second-order valence-corrected chi connectivity index (χ2v) is 29.2. The molecule has 1 fully saturated rings. The van der Waals surface area contributed by atoms with E-state index in [4.69, 9.17) is 20.9 Å². The number of anilines is 1. The number of Topliss-reactive ketones (excluding diaryl/α,β-unsaturated/α-hetero) is 1. The molecule has 1 aliphatic heterocycles. The number of para-hydroxylation sites is 1. The number of urea groups is 1. The maximum Gasteiger partial charge on any atom is 0.407 e. The third kappa shape index (κ3) is 33.4. The highest BCUT2D eigenvalue weighted by atomic mass is 16.6. The molecule has 0 saturated carbocycles. The molecule has 1 saturated heterocycles. The number of esters is 1. The van der Waals surface area contributed by atoms with Crippen LogP contribution < -0.4 is 85.9 Å². The molecule has 3 aromatic carbocycles. The van der Waals surface area contributed by atoms with Gasteiger partial charge in [0, 0.05) is 36.7 Å². The first-order valence-corrected chi connectivity index (χ1v) is 39.7. The number of carbonyl (C=O) groups excluding carboxylic acids is 16. The number of nitrogens with two attached hydrogens (primary N) is 2. The van der Waals surface area contributed by atoms with Crippen LogP contribution in [0, 0.1) is 5.92 Å². The molecule has 0 spiro atoms. The fourth-order valence-corrected chi connectivity index (χ4v) is 13.1. The lowest BCUT2D eigenvalue weighted by atomic mass is 9.96. The summed E-state index contributed by atoms with van der Waals surface area (Å²) in [5.41, 5.74) is 14.7. The predicted molar refractivity (Wildman–Crippen MR) is 428 cm³/mol. The Labute approximate surface area is 700 Å². The fraction of sp³-hybridized carbons (Fsp3) is 0.519. The predicted octanol–water partition coefficient (Wildman–Crippen LogP) is -2.29. The van der Waals surface area contributed by atoms with Crippen molar-refractivity contribution < 1.29 is 131 Å². The number of ketones is 1. The third-order valence-electron chi connectivity index (χ3n) is 19.5. The maximum atomic E-state index is 14.9. The van der Waals surface area contributed by atoms with Crippen LogP contribution in [0.15, 0.2) is 72.8 Å². The fourth-order valence-electron chi connectivity index (χ4n) is 13.1. The van der Waals surface area contributed by atoms with Gasteiger partial charge in [-0.25, -0.2) is 14.4 Å². The molecule has 2 aliphatic rings. The van der Waals surface area contributed by atoms with E-state index in [9.17, 15) is 121 Å². The number of rotatable bonds is 37. The molecular weight excluding hydrogens is 1600 g/mol. The number of fused-ring (bicyclic) bond motifs is 3. The summed E-state index contributed by atoms with van der Waals surface area (Å²) in [6, 6.07) is -2.14. The summed E-state index contributed by atoms with van der Waals surface area (Å²) in [5, 5.41) is 80.7. The molecule has 23 N–H and O–H groups in total. The summed E-state index contributed by atoms with van der Waals surface area (Å²) in [6.45, 7) is 0.926. The summed E-state index contributed by atoms with van der Waals surface area (Å²) in [6.07, 6.45) is -1.16. The molecule has 3 aromatic rings. The van der Waals surface area contributed by atoms with Crippen LogP contribution in [0.3, 0.4) is 0 Å². The highest BCUT2D eigenvalue weighted by Gasteiger charge is 2.41. The minimum atomic E-state index is -2.45. The van der Waals surface area contributed by atoms with Gasteiger partial charge in [0.2, 0.25) is 70.9 Å². The number of nitrogen functional groups attached to an aromatic ring is 1. The molecule has 5 rings (SSSR count). The Balaban J connectivity index is 1.57. The zero-order valence-corrected chi connectivity index (χ0v) is 67.8. The van der Waals surface area contributed by atoms with Gasteiger partial charge in [-0.05, 0) is 73.4 Å². The number of hydrogen-bond acceptors (Lipinski definition) is 24. The van der Waals surface area contributed by atoms with E-state index in [-0.39, 0.29) is 43.3 Å². The number of carboxylic acids is 4. The number of carbonyl (C=O) groups is 20. The average Bonchev–Trinajstić information content (AvgIpc) is 1.61. The first kappa shape index (κ1) is 99.2. The first-order chi connectivity index (χ1) is 57.9. The standard InChI is InChI=1S/C79H108N16O27/c1-5-6-7-8-9-10-11-12-13-20-29-82-78(119)93-52(33-59(81)98)72(113)91-55(36-65(107)108)73(114)95-67-43(4)122-77(118)56(32-58(97)48-26-18-19-27-50(48)80)92-76(117)66(41(2)31-62(101)102)94-74(115)57(39-96)88-61(100)37-84-69(110)53(34-63(103)104)89-68(109)42(3)86-71(112)54(35-64(105)106)90-70(111)51(87-60(99)38-85-75(67)116)28-21-30-83-79(120)121-40-49-46-24-16-14-22-44(46)45-23-15-17-25-47(45)49/h14-19,22-27,41-43,49,51-57,66-67,96H,5-13,20-21,28-40,80H2,1-4H3,(H2,81,98)(H,83,120)(H,84,110)(H,85,116)(H,86,112)(H,87,99)(H,88,100)(H,89,109)(H,90,111)(H,91,113)(H,92,117)(H,94,115)(H,95,114)(H,101,102)(H,103,104)(H,105,106)(H,107,108)(H2,82,93,119)/t41?,42?,43?,51?,52-,53?,54?,55-,56?,57?,66?,67?/m0/s1. The molecule has 10 unspecified atom stereocenters. The van der Waals surface area contributed by atoms with Crippen molar-refractivity contribution in [3.63, 3.8) is 0 Å². The second kappa shape index (κ2) is 50.5. The van der Waals surface area contributed by atoms with Crippen molar-refractivity contribution in [1.82, 2.24) is 74.4 Å². The summed E-state index contributed by atoms with van der Waals surface area (Å²) in [4.78, 5) is 273. The van der Waals surface area contributed by atoms with Crippen molar-refractivity contribution in [3.8, 4) is 11.1 Å². The number of aliphatic hydroxyl groups excluding tert-OH is 1. The van der Waals surface area contributed by atoms with E-state index < -0.39 is 256 Å². The van der Waals surface area contributed by atoms with Gasteiger partial charge in [0.05, 0.1) is 51.8 Å². The topological polar surface area (TPSA) is 681 Å². The Kier molecular flexibility index (Phi) is 41.1. The molecule has 15 amide bonds. The lowest BCUT2D eigenvalue weighted by Gasteiger charge is -2.30. The molecule has 0 radical (unpaired) electrons. The van der Waals surface area contributed by atoms with Gasteiger partial charge in [-0.15, -0.1) is 0 Å². The Bertz CT molecular complexity index is 4230. The lowest BCUT2D eigenvalue weighted by molar-refractivity contribution is -0.156. The zero-order chi connectivity index (χ0) is 90.3. The average molecular weight is 1710 g/mol. The minimum Gasteiger partial charge on any atom is -0.481 e. The van der Waals surface area contributed by atoms with E-state index >= 15 is 0 Å². The van der Waals surface area contributed by atoms with Gasteiger partial charge in [-0.3, -0.25) is 81.5 Å². The minimum absolute atomic E-state index is 0.0975. The number of aliphatic hydroxyl groups is 1. The number of cyclic esters (lactones) is 1. The number of unbranched alkanes of at least 4 members (excludes halogenated alkanes) is 9. The van der Waals surface area contributed by atoms with Crippen molar-refractivity contribution in [2.24, 2.45) is 11.7 Å². The number of ether oxygens (including phenoxy) is 2. The van der Waals surface area contributed by atoms with Gasteiger partial charge >= 0.3 is 42.0 Å².